The van der Waals surface area contributed by atoms with Crippen molar-refractivity contribution in [1.29, 1.82) is 0 Å². The van der Waals surface area contributed by atoms with Crippen LogP contribution in [-0.2, 0) is 4.79 Å². The molecule has 3 N–H and O–H groups in total. The van der Waals surface area contributed by atoms with E-state index in [2.05, 4.69) is 24.1 Å². The van der Waals surface area contributed by atoms with E-state index in [4.69, 9.17) is 5.73 Å². The summed E-state index contributed by atoms with van der Waals surface area (Å²) >= 11 is 0. The Hall–Kier alpha value is -0.0300. The summed E-state index contributed by atoms with van der Waals surface area (Å²) in [6.45, 7) is 6.86. The molecule has 1 saturated heterocycles. The normalized spacial score (nSPS) is 20.3. The molecule has 0 spiro atoms. The van der Waals surface area contributed by atoms with Crippen molar-refractivity contribution in [1.82, 2.24) is 10.2 Å². The number of carbonyl (C=O) groups excluding carboxylic acids is 1. The summed E-state index contributed by atoms with van der Waals surface area (Å²) in [4.78, 5) is 15.0. The minimum atomic E-state index is -0.354. The van der Waals surface area contributed by atoms with Crippen molar-refractivity contribution in [2.24, 2.45) is 11.1 Å². The molecule has 0 radical (unpaired) electrons. The largest absolute Gasteiger partial charge is 0.353 e. The van der Waals surface area contributed by atoms with Crippen molar-refractivity contribution in [2.75, 3.05) is 19.6 Å². The lowest BCUT2D eigenvalue weighted by Gasteiger charge is -2.35. The third-order valence-electron chi connectivity index (χ3n) is 5.15. The van der Waals surface area contributed by atoms with Gasteiger partial charge in [0.1, 0.15) is 0 Å². The van der Waals surface area contributed by atoms with Crippen molar-refractivity contribution in [2.45, 2.75) is 64.5 Å². The van der Waals surface area contributed by atoms with Gasteiger partial charge in [0.2, 0.25) is 5.91 Å². The van der Waals surface area contributed by atoms with Crippen LogP contribution in [-0.4, -0.2) is 42.5 Å². The first-order valence-corrected chi connectivity index (χ1v) is 7.90. The Kier molecular flexibility index (Phi) is 9.17. The topological polar surface area (TPSA) is 58.4 Å². The number of nitrogens with two attached hydrogens (primary N) is 1. The molecule has 2 aliphatic rings. The number of amides is 1. The fraction of sp³-hybridized carbons (Fsp3) is 0.933. The first kappa shape index (κ1) is 21.0. The first-order chi connectivity index (χ1) is 9.15. The molecule has 1 aliphatic heterocycles. The highest BCUT2D eigenvalue weighted by atomic mass is 35.5. The predicted molar refractivity (Wildman–Crippen MR) is 92.3 cm³/mol. The van der Waals surface area contributed by atoms with Crippen LogP contribution in [0.4, 0.5) is 0 Å². The van der Waals surface area contributed by atoms with Gasteiger partial charge in [-0.2, -0.15) is 0 Å². The summed E-state index contributed by atoms with van der Waals surface area (Å²) in [5.74, 6) is 0.171. The van der Waals surface area contributed by atoms with E-state index in [0.29, 0.717) is 12.6 Å². The van der Waals surface area contributed by atoms with E-state index in [9.17, 15) is 4.79 Å². The van der Waals surface area contributed by atoms with Crippen molar-refractivity contribution in [3.05, 3.63) is 0 Å². The minimum Gasteiger partial charge on any atom is -0.353 e. The maximum atomic E-state index is 12.4. The first-order valence-electron chi connectivity index (χ1n) is 7.90. The van der Waals surface area contributed by atoms with Gasteiger partial charge in [0.25, 0.3) is 0 Å². The molecule has 0 aromatic carbocycles. The standard InChI is InChI=1S/C15H29N3O.2ClH/c1-3-15(4-2,11-16)14(19)17-12-7-9-18(10-8-12)13-5-6-13;;/h12-13H,3-11,16H2,1-2H3,(H,17,19);2*1H. The molecule has 2 fully saturated rings. The lowest BCUT2D eigenvalue weighted by Crippen LogP contribution is -2.51. The summed E-state index contributed by atoms with van der Waals surface area (Å²) < 4.78 is 0. The molecule has 6 heteroatoms. The zero-order valence-corrected chi connectivity index (χ0v) is 14.9. The van der Waals surface area contributed by atoms with E-state index in [-0.39, 0.29) is 36.1 Å². The average molecular weight is 340 g/mol. The Bertz CT molecular complexity index is 304. The van der Waals surface area contributed by atoms with E-state index in [1.165, 1.54) is 12.8 Å². The molecule has 1 amide bonds. The van der Waals surface area contributed by atoms with Gasteiger partial charge >= 0.3 is 0 Å². The van der Waals surface area contributed by atoms with Gasteiger partial charge in [0.05, 0.1) is 5.41 Å². The second-order valence-corrected chi connectivity index (χ2v) is 6.21. The molecule has 1 saturated carbocycles. The molecule has 1 aliphatic carbocycles. The molecule has 21 heavy (non-hydrogen) atoms. The Balaban J connectivity index is 0.00000200. The van der Waals surface area contributed by atoms with Crippen LogP contribution < -0.4 is 11.1 Å². The number of hydrogen-bond acceptors (Lipinski definition) is 3. The van der Waals surface area contributed by atoms with Crippen LogP contribution in [0.15, 0.2) is 0 Å². The van der Waals surface area contributed by atoms with Crippen LogP contribution in [0.5, 0.6) is 0 Å². The van der Waals surface area contributed by atoms with Crippen LogP contribution in [0.2, 0.25) is 0 Å². The zero-order valence-electron chi connectivity index (χ0n) is 13.3. The highest BCUT2D eigenvalue weighted by Gasteiger charge is 2.36. The van der Waals surface area contributed by atoms with Gasteiger partial charge in [0.15, 0.2) is 0 Å². The van der Waals surface area contributed by atoms with E-state index < -0.39 is 0 Å². The van der Waals surface area contributed by atoms with E-state index in [1.54, 1.807) is 0 Å². The molecule has 2 rings (SSSR count). The second-order valence-electron chi connectivity index (χ2n) is 6.21. The molecule has 4 nitrogen and oxygen atoms in total. The predicted octanol–water partition coefficient (Wildman–Crippen LogP) is 2.34. The summed E-state index contributed by atoms with van der Waals surface area (Å²) in [5.41, 5.74) is 5.48. The highest BCUT2D eigenvalue weighted by molar-refractivity contribution is 5.85. The average Bonchev–Trinajstić information content (AvgIpc) is 3.27. The smallest absolute Gasteiger partial charge is 0.227 e. The second kappa shape index (κ2) is 9.19. The van der Waals surface area contributed by atoms with E-state index in [0.717, 1.165) is 44.8 Å². The number of hydrogen-bond donors (Lipinski definition) is 2. The number of likely N-dealkylation sites (tertiary alicyclic amines) is 1. The molecular weight excluding hydrogens is 309 g/mol. The number of carbonyl (C=O) groups is 1. The Morgan fingerprint density at radius 3 is 2.05 bits per heavy atom. The number of rotatable bonds is 6. The van der Waals surface area contributed by atoms with Crippen molar-refractivity contribution >= 4 is 30.7 Å². The summed E-state index contributed by atoms with van der Waals surface area (Å²) in [6, 6.07) is 1.21. The maximum Gasteiger partial charge on any atom is 0.227 e. The molecule has 0 bridgehead atoms. The molecule has 0 unspecified atom stereocenters. The van der Waals surface area contributed by atoms with Crippen LogP contribution in [0.1, 0.15) is 52.4 Å². The molecule has 0 aromatic rings. The van der Waals surface area contributed by atoms with Crippen LogP contribution in [0.3, 0.4) is 0 Å². The zero-order chi connectivity index (χ0) is 13.9. The number of nitrogens with one attached hydrogen (secondary N) is 1. The molecule has 126 valence electrons. The number of piperidine rings is 1. The fourth-order valence-electron chi connectivity index (χ4n) is 3.14. The van der Waals surface area contributed by atoms with Crippen LogP contribution in [0, 0.1) is 5.41 Å². The lowest BCUT2D eigenvalue weighted by atomic mass is 9.81. The van der Waals surface area contributed by atoms with Crippen LogP contribution >= 0.6 is 24.8 Å². The van der Waals surface area contributed by atoms with Gasteiger partial charge in [-0.3, -0.25) is 4.79 Å². The van der Waals surface area contributed by atoms with Gasteiger partial charge in [-0.25, -0.2) is 0 Å². The SMILES string of the molecule is CCC(CC)(CN)C(=O)NC1CCN(C2CC2)CC1.Cl.Cl. The Labute approximate surface area is 141 Å². The Morgan fingerprint density at radius 2 is 1.67 bits per heavy atom. The van der Waals surface area contributed by atoms with E-state index >= 15 is 0 Å². The van der Waals surface area contributed by atoms with Gasteiger partial charge in [-0.1, -0.05) is 13.8 Å². The minimum absolute atomic E-state index is 0. The monoisotopic (exact) mass is 339 g/mol. The third kappa shape index (κ3) is 4.98. The summed E-state index contributed by atoms with van der Waals surface area (Å²) in [5, 5.41) is 3.25. The third-order valence-corrected chi connectivity index (χ3v) is 5.15. The Morgan fingerprint density at radius 1 is 1.14 bits per heavy atom. The molecule has 0 aromatic heterocycles. The van der Waals surface area contributed by atoms with Gasteiger partial charge in [0, 0.05) is 31.7 Å². The highest BCUT2D eigenvalue weighted by Crippen LogP contribution is 2.30. The van der Waals surface area contributed by atoms with Crippen molar-refractivity contribution < 1.29 is 4.79 Å². The van der Waals surface area contributed by atoms with Gasteiger partial charge in [-0.15, -0.1) is 24.8 Å². The van der Waals surface area contributed by atoms with Gasteiger partial charge in [-0.05, 0) is 38.5 Å². The van der Waals surface area contributed by atoms with Crippen molar-refractivity contribution in [3.63, 3.8) is 0 Å². The summed E-state index contributed by atoms with van der Waals surface area (Å²) in [7, 11) is 0. The summed E-state index contributed by atoms with van der Waals surface area (Å²) in [6.07, 6.45) is 6.59. The molecular formula is C15H31Cl2N3O. The van der Waals surface area contributed by atoms with E-state index in [1.807, 2.05) is 0 Å². The quantitative estimate of drug-likeness (QED) is 0.780. The number of nitrogens with zero attached hydrogens (tertiary/aromatic N) is 1. The van der Waals surface area contributed by atoms with Crippen molar-refractivity contribution in [3.8, 4) is 0 Å². The number of halogens is 2. The molecule has 0 atom stereocenters. The maximum absolute atomic E-state index is 12.4. The fourth-order valence-corrected chi connectivity index (χ4v) is 3.14. The lowest BCUT2D eigenvalue weighted by molar-refractivity contribution is -0.132. The molecule has 1 heterocycles. The van der Waals surface area contributed by atoms with Crippen LogP contribution in [0.25, 0.3) is 0 Å². The van der Waals surface area contributed by atoms with Gasteiger partial charge < -0.3 is 16.0 Å².